The second-order valence-corrected chi connectivity index (χ2v) is 3.09. The second-order valence-electron chi connectivity index (χ2n) is 2.34. The van der Waals surface area contributed by atoms with Gasteiger partial charge in [-0.3, -0.25) is 4.79 Å². The van der Waals surface area contributed by atoms with Crippen molar-refractivity contribution in [2.75, 3.05) is 0 Å². The van der Waals surface area contributed by atoms with Gasteiger partial charge in [0.1, 0.15) is 10.7 Å². The van der Waals surface area contributed by atoms with Crippen LogP contribution in [0.15, 0.2) is 10.7 Å². The summed E-state index contributed by atoms with van der Waals surface area (Å²) in [5.41, 5.74) is -0.908. The molecule has 6 heteroatoms. The van der Waals surface area contributed by atoms with Crippen LogP contribution in [0.4, 0.5) is 8.78 Å². The molecule has 14 heavy (non-hydrogen) atoms. The Balaban J connectivity index is 3.41. The summed E-state index contributed by atoms with van der Waals surface area (Å²) < 4.78 is 24.8. The molecule has 0 aromatic carbocycles. The maximum Gasteiger partial charge on any atom is 0.266 e. The summed E-state index contributed by atoms with van der Waals surface area (Å²) in [6, 6.07) is 2.48. The molecule has 0 unspecified atom stereocenters. The first-order valence-electron chi connectivity index (χ1n) is 3.44. The second kappa shape index (κ2) is 4.24. The van der Waals surface area contributed by atoms with Gasteiger partial charge in [-0.25, -0.2) is 13.8 Å². The molecule has 0 fully saturated rings. The molecule has 0 spiro atoms. The smallest absolute Gasteiger partial charge is 0.266 e. The van der Waals surface area contributed by atoms with Crippen molar-refractivity contribution < 1.29 is 13.6 Å². The number of rotatable bonds is 2. The van der Waals surface area contributed by atoms with Crippen molar-refractivity contribution in [1.29, 1.82) is 5.26 Å². The van der Waals surface area contributed by atoms with E-state index < -0.39 is 12.0 Å². The zero-order chi connectivity index (χ0) is 10.7. The largest absolute Gasteiger partial charge is 0.298 e. The van der Waals surface area contributed by atoms with Gasteiger partial charge in [-0.2, -0.15) is 5.26 Å². The number of pyridine rings is 1. The summed E-state index contributed by atoms with van der Waals surface area (Å²) in [6.07, 6.45) is -2.42. The van der Waals surface area contributed by atoms with Crippen molar-refractivity contribution in [3.63, 3.8) is 0 Å². The molecule has 3 nitrogen and oxygen atoms in total. The van der Waals surface area contributed by atoms with Gasteiger partial charge in [-0.1, -0.05) is 0 Å². The van der Waals surface area contributed by atoms with E-state index in [1.54, 1.807) is 0 Å². The Hall–Kier alpha value is -1.35. The first kappa shape index (κ1) is 10.7. The Bertz CT molecular complexity index is 415. The molecule has 1 rings (SSSR count). The highest BCUT2D eigenvalue weighted by atomic mass is 79.9. The third kappa shape index (κ3) is 1.93. The number of aldehydes is 1. The molecule has 0 N–H and O–H groups in total. The van der Waals surface area contributed by atoms with Crippen molar-refractivity contribution in [2.24, 2.45) is 0 Å². The van der Waals surface area contributed by atoms with Crippen LogP contribution in [0.2, 0.25) is 0 Å². The summed E-state index contributed by atoms with van der Waals surface area (Å²) >= 11 is 2.89. The third-order valence-electron chi connectivity index (χ3n) is 1.50. The van der Waals surface area contributed by atoms with Gasteiger partial charge in [0.15, 0.2) is 12.0 Å². The van der Waals surface area contributed by atoms with Crippen molar-refractivity contribution in [2.45, 2.75) is 6.43 Å². The minimum Gasteiger partial charge on any atom is -0.298 e. The molecule has 1 aromatic heterocycles. The first-order valence-corrected chi connectivity index (χ1v) is 4.23. The zero-order valence-corrected chi connectivity index (χ0v) is 8.25. The number of hydrogen-bond donors (Lipinski definition) is 0. The molecule has 72 valence electrons. The Labute approximate surface area is 86.5 Å². The Morgan fingerprint density at radius 3 is 2.71 bits per heavy atom. The normalized spacial score (nSPS) is 9.93. The van der Waals surface area contributed by atoms with Crippen molar-refractivity contribution >= 4 is 22.2 Å². The number of halogens is 3. The van der Waals surface area contributed by atoms with Crippen LogP contribution in [0.25, 0.3) is 0 Å². The first-order chi connectivity index (χ1) is 6.60. The van der Waals surface area contributed by atoms with E-state index in [1.165, 1.54) is 6.07 Å². The summed E-state index contributed by atoms with van der Waals surface area (Å²) in [5.74, 6) is 0. The van der Waals surface area contributed by atoms with Crippen LogP contribution in [-0.2, 0) is 0 Å². The van der Waals surface area contributed by atoms with Gasteiger partial charge in [0.25, 0.3) is 6.43 Å². The predicted molar refractivity (Wildman–Crippen MR) is 47.0 cm³/mol. The molecule has 0 radical (unpaired) electrons. The molecule has 1 heterocycles. The number of carbonyl (C=O) groups excluding carboxylic acids is 1. The van der Waals surface area contributed by atoms with Gasteiger partial charge >= 0.3 is 0 Å². The van der Waals surface area contributed by atoms with Crippen LogP contribution in [-0.4, -0.2) is 11.3 Å². The highest BCUT2D eigenvalue weighted by molar-refractivity contribution is 9.10. The number of nitrogens with zero attached hydrogens (tertiary/aromatic N) is 2. The average molecular weight is 261 g/mol. The predicted octanol–water partition coefficient (Wildman–Crippen LogP) is 2.47. The Morgan fingerprint density at radius 1 is 1.64 bits per heavy atom. The van der Waals surface area contributed by atoms with E-state index in [2.05, 4.69) is 20.9 Å². The fourth-order valence-electron chi connectivity index (χ4n) is 0.861. The lowest BCUT2D eigenvalue weighted by atomic mass is 10.1. The van der Waals surface area contributed by atoms with Gasteiger partial charge in [0.05, 0.1) is 5.56 Å². The minimum atomic E-state index is -2.82. The summed E-state index contributed by atoms with van der Waals surface area (Å²) in [4.78, 5) is 13.9. The van der Waals surface area contributed by atoms with E-state index in [-0.39, 0.29) is 15.9 Å². The Morgan fingerprint density at radius 2 is 2.29 bits per heavy atom. The summed E-state index contributed by atoms with van der Waals surface area (Å²) in [7, 11) is 0. The van der Waals surface area contributed by atoms with Crippen LogP contribution in [0, 0.1) is 11.3 Å². The molecular weight excluding hydrogens is 258 g/mol. The number of hydrogen-bond acceptors (Lipinski definition) is 3. The van der Waals surface area contributed by atoms with E-state index in [0.29, 0.717) is 6.29 Å². The summed E-state index contributed by atoms with van der Waals surface area (Å²) in [5, 5.41) is 8.50. The van der Waals surface area contributed by atoms with Gasteiger partial charge in [0.2, 0.25) is 0 Å². The summed E-state index contributed by atoms with van der Waals surface area (Å²) in [6.45, 7) is 0. The van der Waals surface area contributed by atoms with Gasteiger partial charge in [0, 0.05) is 5.56 Å². The molecular formula is C8H3BrF2N2O. The Kier molecular flexibility index (Phi) is 3.25. The standard InChI is InChI=1S/C8H3BrF2N2O/c9-7-4(3-14)1-5(8(10)11)6(2-12)13-7/h1,3,8H. The van der Waals surface area contributed by atoms with Crippen LogP contribution >= 0.6 is 15.9 Å². The highest BCUT2D eigenvalue weighted by Crippen LogP contribution is 2.25. The molecule has 0 aliphatic heterocycles. The fraction of sp³-hybridized carbons (Fsp3) is 0.125. The highest BCUT2D eigenvalue weighted by Gasteiger charge is 2.17. The van der Waals surface area contributed by atoms with Crippen molar-refractivity contribution in [3.8, 4) is 6.07 Å². The maximum absolute atomic E-state index is 12.3. The number of nitriles is 1. The zero-order valence-electron chi connectivity index (χ0n) is 6.67. The lowest BCUT2D eigenvalue weighted by Gasteiger charge is -2.03. The molecule has 0 atom stereocenters. The number of aromatic nitrogens is 1. The molecule has 0 aliphatic rings. The van der Waals surface area contributed by atoms with Gasteiger partial charge < -0.3 is 0 Å². The van der Waals surface area contributed by atoms with E-state index in [9.17, 15) is 13.6 Å². The SMILES string of the molecule is N#Cc1nc(Br)c(C=O)cc1C(F)F. The number of carbonyl (C=O) groups is 1. The van der Waals surface area contributed by atoms with Gasteiger partial charge in [-0.05, 0) is 22.0 Å². The molecule has 0 saturated heterocycles. The van der Waals surface area contributed by atoms with Crippen LogP contribution in [0.5, 0.6) is 0 Å². The molecule has 0 bridgehead atoms. The quantitative estimate of drug-likeness (QED) is 0.607. The molecule has 1 aromatic rings. The lowest BCUT2D eigenvalue weighted by molar-refractivity contribution is 0.112. The third-order valence-corrected chi connectivity index (χ3v) is 2.14. The van der Waals surface area contributed by atoms with Crippen LogP contribution in [0.3, 0.4) is 0 Å². The monoisotopic (exact) mass is 260 g/mol. The van der Waals surface area contributed by atoms with E-state index >= 15 is 0 Å². The molecule has 0 saturated carbocycles. The fourth-order valence-corrected chi connectivity index (χ4v) is 1.25. The number of alkyl halides is 2. The van der Waals surface area contributed by atoms with Crippen LogP contribution in [0.1, 0.15) is 28.0 Å². The minimum absolute atomic E-state index is 0.000648. The lowest BCUT2D eigenvalue weighted by Crippen LogP contribution is -1.98. The molecule has 0 amide bonds. The van der Waals surface area contributed by atoms with E-state index in [1.807, 2.05) is 0 Å². The topological polar surface area (TPSA) is 53.8 Å². The van der Waals surface area contributed by atoms with Crippen LogP contribution < -0.4 is 0 Å². The average Bonchev–Trinajstić information content (AvgIpc) is 2.16. The van der Waals surface area contributed by atoms with E-state index in [4.69, 9.17) is 5.26 Å². The maximum atomic E-state index is 12.3. The van der Waals surface area contributed by atoms with E-state index in [0.717, 1.165) is 6.07 Å². The molecule has 0 aliphatic carbocycles. The van der Waals surface area contributed by atoms with Crippen molar-refractivity contribution in [1.82, 2.24) is 4.98 Å². The van der Waals surface area contributed by atoms with Gasteiger partial charge in [-0.15, -0.1) is 0 Å². The van der Waals surface area contributed by atoms with Crippen molar-refractivity contribution in [3.05, 3.63) is 27.5 Å².